The van der Waals surface area contributed by atoms with Crippen molar-refractivity contribution in [2.24, 2.45) is 0 Å². The fourth-order valence-corrected chi connectivity index (χ4v) is 8.09. The molecule has 0 aromatic heterocycles. The van der Waals surface area contributed by atoms with E-state index in [1.54, 1.807) is 0 Å². The summed E-state index contributed by atoms with van der Waals surface area (Å²) in [6.07, 6.45) is 0. The molecule has 0 fully saturated rings. The molecule has 0 radical (unpaired) electrons. The van der Waals surface area contributed by atoms with Crippen LogP contribution >= 0.6 is 0 Å². The van der Waals surface area contributed by atoms with Crippen LogP contribution in [-0.4, -0.2) is 0 Å². The Balaban J connectivity index is 1.28. The smallest absolute Gasteiger partial charge is 0.00139 e. The van der Waals surface area contributed by atoms with Crippen molar-refractivity contribution in [2.45, 2.75) is 0 Å². The largest absolute Gasteiger partial charge is 0.0616 e. The Labute approximate surface area is 279 Å². The molecule has 0 saturated heterocycles. The summed E-state index contributed by atoms with van der Waals surface area (Å²) in [7, 11) is 0. The Hall–Kier alpha value is -6.24. The maximum atomic E-state index is 2.41. The first-order valence-electron chi connectivity index (χ1n) is 16.7. The van der Waals surface area contributed by atoms with Crippen LogP contribution in [0.4, 0.5) is 0 Å². The molecular weight excluding hydrogens is 577 g/mol. The quantitative estimate of drug-likeness (QED) is 0.176. The lowest BCUT2D eigenvalue weighted by Crippen LogP contribution is -1.93. The average Bonchev–Trinajstić information content (AvgIpc) is 3.17. The van der Waals surface area contributed by atoms with Gasteiger partial charge in [0.1, 0.15) is 0 Å². The van der Waals surface area contributed by atoms with Crippen LogP contribution in [0.2, 0.25) is 0 Å². The number of benzene rings is 10. The molecule has 0 aliphatic rings. The Bertz CT molecular complexity index is 2870. The van der Waals surface area contributed by atoms with Crippen LogP contribution < -0.4 is 0 Å². The highest BCUT2D eigenvalue weighted by Crippen LogP contribution is 2.48. The zero-order valence-electron chi connectivity index (χ0n) is 26.3. The third-order valence-electron chi connectivity index (χ3n) is 10.2. The van der Waals surface area contributed by atoms with Crippen molar-refractivity contribution < 1.29 is 0 Å². The molecule has 0 unspecified atom stereocenters. The molecule has 48 heavy (non-hydrogen) atoms. The lowest BCUT2D eigenvalue weighted by Gasteiger charge is -2.21. The Kier molecular flexibility index (Phi) is 5.98. The summed E-state index contributed by atoms with van der Waals surface area (Å²) in [5.74, 6) is 0. The molecule has 0 saturated carbocycles. The van der Waals surface area contributed by atoms with E-state index >= 15 is 0 Å². The van der Waals surface area contributed by atoms with Crippen LogP contribution in [0.5, 0.6) is 0 Å². The van der Waals surface area contributed by atoms with E-state index in [4.69, 9.17) is 0 Å². The normalized spacial score (nSPS) is 11.8. The summed E-state index contributed by atoms with van der Waals surface area (Å²) in [6.45, 7) is 0. The summed E-state index contributed by atoms with van der Waals surface area (Å²) in [5.41, 5.74) is 7.54. The van der Waals surface area contributed by atoms with Crippen molar-refractivity contribution in [3.63, 3.8) is 0 Å². The first kappa shape index (κ1) is 26.9. The van der Waals surface area contributed by atoms with Crippen LogP contribution in [0.25, 0.3) is 98.0 Å². The maximum absolute atomic E-state index is 2.41. The highest BCUT2D eigenvalue weighted by atomic mass is 14.2. The van der Waals surface area contributed by atoms with E-state index < -0.39 is 0 Å². The SMILES string of the molecule is c1ccc2c(c1)cc(-c1ccc(-c3c(-c4cc5ccccc5c5ccccc45)c4ccccc4c4ccccc34)cc1)c1ccccc12. The van der Waals surface area contributed by atoms with Gasteiger partial charge in [0.2, 0.25) is 0 Å². The van der Waals surface area contributed by atoms with E-state index in [0.717, 1.165) is 0 Å². The van der Waals surface area contributed by atoms with E-state index in [-0.39, 0.29) is 0 Å². The van der Waals surface area contributed by atoms with E-state index in [0.29, 0.717) is 0 Å². The first-order chi connectivity index (χ1) is 23.8. The van der Waals surface area contributed by atoms with Gasteiger partial charge in [-0.3, -0.25) is 0 Å². The number of hydrogen-bond acceptors (Lipinski definition) is 0. The molecule has 10 aromatic carbocycles. The van der Waals surface area contributed by atoms with E-state index in [9.17, 15) is 0 Å². The Morgan fingerprint density at radius 1 is 0.208 bits per heavy atom. The molecule has 0 heterocycles. The fourth-order valence-electron chi connectivity index (χ4n) is 8.09. The third kappa shape index (κ3) is 4.03. The van der Waals surface area contributed by atoms with Crippen molar-refractivity contribution in [2.75, 3.05) is 0 Å². The molecule has 0 nitrogen and oxygen atoms in total. The molecule has 222 valence electrons. The fraction of sp³-hybridized carbons (Fsp3) is 0. The third-order valence-corrected chi connectivity index (χ3v) is 10.2. The first-order valence-corrected chi connectivity index (χ1v) is 16.7. The second-order valence-electron chi connectivity index (χ2n) is 12.8. The van der Waals surface area contributed by atoms with E-state index in [1.165, 1.54) is 98.0 Å². The molecule has 10 rings (SSSR count). The van der Waals surface area contributed by atoms with Gasteiger partial charge in [-0.15, -0.1) is 0 Å². The Morgan fingerprint density at radius 2 is 0.542 bits per heavy atom. The van der Waals surface area contributed by atoms with Crippen molar-refractivity contribution in [3.8, 4) is 33.4 Å². The van der Waals surface area contributed by atoms with Crippen LogP contribution in [0.15, 0.2) is 182 Å². The zero-order valence-corrected chi connectivity index (χ0v) is 26.3. The molecule has 0 aliphatic carbocycles. The Morgan fingerprint density at radius 3 is 1.06 bits per heavy atom. The topological polar surface area (TPSA) is 0 Å². The maximum Gasteiger partial charge on any atom is -0.00139 e. The lowest BCUT2D eigenvalue weighted by molar-refractivity contribution is 1.63. The summed E-state index contributed by atoms with van der Waals surface area (Å²) < 4.78 is 0. The predicted octanol–water partition coefficient (Wildman–Crippen LogP) is 13.6. The summed E-state index contributed by atoms with van der Waals surface area (Å²) in [4.78, 5) is 0. The van der Waals surface area contributed by atoms with Gasteiger partial charge in [0.15, 0.2) is 0 Å². The molecule has 0 bridgehead atoms. The predicted molar refractivity (Wildman–Crippen MR) is 208 cm³/mol. The van der Waals surface area contributed by atoms with Crippen LogP contribution in [0.3, 0.4) is 0 Å². The van der Waals surface area contributed by atoms with Crippen LogP contribution in [0, 0.1) is 0 Å². The highest BCUT2D eigenvalue weighted by molar-refractivity contribution is 6.25. The van der Waals surface area contributed by atoms with Gasteiger partial charge in [-0.2, -0.15) is 0 Å². The van der Waals surface area contributed by atoms with Gasteiger partial charge in [-0.05, 0) is 110 Å². The zero-order chi connectivity index (χ0) is 31.6. The summed E-state index contributed by atoms with van der Waals surface area (Å²) >= 11 is 0. The van der Waals surface area contributed by atoms with Gasteiger partial charge in [0.05, 0.1) is 0 Å². The van der Waals surface area contributed by atoms with Crippen molar-refractivity contribution in [1.82, 2.24) is 0 Å². The number of hydrogen-bond donors (Lipinski definition) is 0. The summed E-state index contributed by atoms with van der Waals surface area (Å²) in [6, 6.07) is 67.1. The molecule has 0 N–H and O–H groups in total. The average molecular weight is 607 g/mol. The second kappa shape index (κ2) is 10.7. The lowest BCUT2D eigenvalue weighted by atomic mass is 9.82. The monoisotopic (exact) mass is 606 g/mol. The van der Waals surface area contributed by atoms with Gasteiger partial charge in [-0.25, -0.2) is 0 Å². The number of fused-ring (bicyclic) bond motifs is 9. The van der Waals surface area contributed by atoms with Crippen molar-refractivity contribution >= 4 is 64.6 Å². The molecular formula is C48H30. The van der Waals surface area contributed by atoms with Crippen LogP contribution in [-0.2, 0) is 0 Å². The molecule has 0 heteroatoms. The summed E-state index contributed by atoms with van der Waals surface area (Å²) in [5, 5.41) is 15.3. The minimum absolute atomic E-state index is 1.22. The molecule has 0 amide bonds. The molecule has 0 atom stereocenters. The van der Waals surface area contributed by atoms with Crippen LogP contribution in [0.1, 0.15) is 0 Å². The molecule has 0 aliphatic heterocycles. The van der Waals surface area contributed by atoms with Gasteiger partial charge in [0, 0.05) is 0 Å². The highest BCUT2D eigenvalue weighted by Gasteiger charge is 2.20. The van der Waals surface area contributed by atoms with Gasteiger partial charge < -0.3 is 0 Å². The van der Waals surface area contributed by atoms with E-state index in [1.807, 2.05) is 0 Å². The van der Waals surface area contributed by atoms with E-state index in [2.05, 4.69) is 182 Å². The standard InChI is InChI=1S/C48H30/c1-3-15-35-33(13-1)29-45(41-21-7-5-17-37(35)41)31-25-27-32(28-26-31)47-43-23-11-9-19-39(43)40-20-10-12-24-44(40)48(47)46-30-34-14-2-4-16-36(34)38-18-6-8-22-42(38)46/h1-30H. The van der Waals surface area contributed by atoms with Gasteiger partial charge in [0.25, 0.3) is 0 Å². The van der Waals surface area contributed by atoms with Gasteiger partial charge in [-0.1, -0.05) is 170 Å². The van der Waals surface area contributed by atoms with Gasteiger partial charge >= 0.3 is 0 Å². The number of rotatable bonds is 3. The molecule has 10 aromatic rings. The minimum atomic E-state index is 1.22. The van der Waals surface area contributed by atoms with Crippen molar-refractivity contribution in [3.05, 3.63) is 182 Å². The van der Waals surface area contributed by atoms with Crippen molar-refractivity contribution in [1.29, 1.82) is 0 Å². The molecule has 0 spiro atoms. The second-order valence-corrected chi connectivity index (χ2v) is 12.8. The minimum Gasteiger partial charge on any atom is -0.0616 e.